The van der Waals surface area contributed by atoms with Gasteiger partial charge >= 0.3 is 0 Å². The Hall–Kier alpha value is -1.82. The van der Waals surface area contributed by atoms with Crippen LogP contribution in [0.3, 0.4) is 0 Å². The summed E-state index contributed by atoms with van der Waals surface area (Å²) in [5, 5.41) is 4.21. The summed E-state index contributed by atoms with van der Waals surface area (Å²) in [5.41, 5.74) is 11.7. The highest BCUT2D eigenvalue weighted by Gasteiger charge is 2.02. The second-order valence-electron chi connectivity index (χ2n) is 3.60. The number of hydrogen-bond donors (Lipinski definition) is 3. The SMILES string of the molecule is CCc1cnc(CNc2ccc(N)c(N)n2)s1. The fraction of sp³-hybridized carbons (Fsp3) is 0.273. The standard InChI is InChI=1S/C11H15N5S/c1-2-7-5-15-10(17-7)6-14-9-4-3-8(12)11(13)16-9/h3-5H,2,6,12H2,1H3,(H3,13,14,16). The molecule has 0 saturated heterocycles. The molecule has 0 bridgehead atoms. The van der Waals surface area contributed by atoms with E-state index in [2.05, 4.69) is 22.2 Å². The zero-order chi connectivity index (χ0) is 12.3. The summed E-state index contributed by atoms with van der Waals surface area (Å²) >= 11 is 1.70. The number of anilines is 3. The van der Waals surface area contributed by atoms with Crippen molar-refractivity contribution in [1.82, 2.24) is 9.97 Å². The van der Waals surface area contributed by atoms with E-state index >= 15 is 0 Å². The van der Waals surface area contributed by atoms with Gasteiger partial charge in [0.2, 0.25) is 0 Å². The van der Waals surface area contributed by atoms with Gasteiger partial charge < -0.3 is 16.8 Å². The van der Waals surface area contributed by atoms with E-state index in [1.807, 2.05) is 6.20 Å². The summed E-state index contributed by atoms with van der Waals surface area (Å²) in [5.74, 6) is 1.06. The molecular formula is C11H15N5S. The lowest BCUT2D eigenvalue weighted by atomic mass is 10.4. The van der Waals surface area contributed by atoms with Crippen LogP contribution in [0, 0.1) is 0 Å². The predicted octanol–water partition coefficient (Wildman–Crippen LogP) is 1.88. The lowest BCUT2D eigenvalue weighted by Crippen LogP contribution is -2.04. The number of pyridine rings is 1. The first kappa shape index (κ1) is 11.7. The number of nitrogens with two attached hydrogens (primary N) is 2. The lowest BCUT2D eigenvalue weighted by molar-refractivity contribution is 1.07. The van der Waals surface area contributed by atoms with E-state index in [0.29, 0.717) is 23.9 Å². The third-order valence-corrected chi connectivity index (χ3v) is 3.47. The number of nitrogen functional groups attached to an aromatic ring is 2. The molecule has 0 aliphatic heterocycles. The van der Waals surface area contributed by atoms with E-state index in [0.717, 1.165) is 11.4 Å². The molecule has 6 heteroatoms. The van der Waals surface area contributed by atoms with E-state index in [9.17, 15) is 0 Å². The Labute approximate surface area is 104 Å². The van der Waals surface area contributed by atoms with Gasteiger partial charge in [-0.1, -0.05) is 6.92 Å². The minimum Gasteiger partial charge on any atom is -0.396 e. The molecule has 5 N–H and O–H groups in total. The van der Waals surface area contributed by atoms with Gasteiger partial charge in [-0.3, -0.25) is 0 Å². The molecule has 2 aromatic rings. The van der Waals surface area contributed by atoms with Crippen molar-refractivity contribution in [3.63, 3.8) is 0 Å². The minimum absolute atomic E-state index is 0.350. The molecule has 0 fully saturated rings. The Morgan fingerprint density at radius 3 is 2.82 bits per heavy atom. The number of nitrogens with one attached hydrogen (secondary N) is 1. The summed E-state index contributed by atoms with van der Waals surface area (Å²) in [4.78, 5) is 9.73. The Morgan fingerprint density at radius 1 is 1.35 bits per heavy atom. The monoisotopic (exact) mass is 249 g/mol. The maximum atomic E-state index is 5.63. The summed E-state index contributed by atoms with van der Waals surface area (Å²) in [7, 11) is 0. The van der Waals surface area contributed by atoms with Crippen LogP contribution in [0.4, 0.5) is 17.3 Å². The number of thiazole rings is 1. The number of hydrogen-bond acceptors (Lipinski definition) is 6. The van der Waals surface area contributed by atoms with Gasteiger partial charge in [0.15, 0.2) is 0 Å². The average Bonchev–Trinajstić information content (AvgIpc) is 2.79. The maximum Gasteiger partial charge on any atom is 0.149 e. The van der Waals surface area contributed by atoms with Gasteiger partial charge in [0.1, 0.15) is 16.6 Å². The van der Waals surface area contributed by atoms with Crippen molar-refractivity contribution in [2.45, 2.75) is 19.9 Å². The molecule has 0 amide bonds. The molecule has 0 aromatic carbocycles. The second kappa shape index (κ2) is 5.01. The van der Waals surface area contributed by atoms with Crippen molar-refractivity contribution in [2.75, 3.05) is 16.8 Å². The van der Waals surface area contributed by atoms with Crippen LogP contribution < -0.4 is 16.8 Å². The van der Waals surface area contributed by atoms with Crippen LogP contribution in [-0.2, 0) is 13.0 Å². The van der Waals surface area contributed by atoms with Gasteiger partial charge in [-0.05, 0) is 18.6 Å². The molecule has 0 aliphatic rings. The molecule has 0 saturated carbocycles. The van der Waals surface area contributed by atoms with E-state index in [4.69, 9.17) is 11.5 Å². The molecule has 90 valence electrons. The first-order valence-electron chi connectivity index (χ1n) is 5.38. The van der Waals surface area contributed by atoms with Crippen LogP contribution >= 0.6 is 11.3 Å². The number of rotatable bonds is 4. The molecule has 0 aliphatic carbocycles. The zero-order valence-electron chi connectivity index (χ0n) is 9.60. The molecule has 2 aromatic heterocycles. The van der Waals surface area contributed by atoms with Crippen molar-refractivity contribution in [3.8, 4) is 0 Å². The molecule has 0 radical (unpaired) electrons. The second-order valence-corrected chi connectivity index (χ2v) is 4.80. The number of nitrogens with zero attached hydrogens (tertiary/aromatic N) is 2. The van der Waals surface area contributed by atoms with Crippen LogP contribution in [0.1, 0.15) is 16.8 Å². The van der Waals surface area contributed by atoms with Gasteiger partial charge in [-0.15, -0.1) is 11.3 Å². The molecule has 0 atom stereocenters. The fourth-order valence-corrected chi connectivity index (χ4v) is 2.15. The number of aryl methyl sites for hydroxylation is 1. The highest BCUT2D eigenvalue weighted by Crippen LogP contribution is 2.17. The Morgan fingerprint density at radius 2 is 2.18 bits per heavy atom. The molecule has 5 nitrogen and oxygen atoms in total. The summed E-state index contributed by atoms with van der Waals surface area (Å²) in [6.45, 7) is 2.77. The first-order valence-corrected chi connectivity index (χ1v) is 6.20. The van der Waals surface area contributed by atoms with Crippen LogP contribution in [0.15, 0.2) is 18.3 Å². The fourth-order valence-electron chi connectivity index (χ4n) is 1.34. The lowest BCUT2D eigenvalue weighted by Gasteiger charge is -2.05. The largest absolute Gasteiger partial charge is 0.396 e. The molecule has 2 rings (SSSR count). The smallest absolute Gasteiger partial charge is 0.149 e. The van der Waals surface area contributed by atoms with Gasteiger partial charge in [0.25, 0.3) is 0 Å². The van der Waals surface area contributed by atoms with Crippen LogP contribution in [0.5, 0.6) is 0 Å². The Balaban J connectivity index is 1.99. The predicted molar refractivity (Wildman–Crippen MR) is 71.9 cm³/mol. The quantitative estimate of drug-likeness (QED) is 0.769. The van der Waals surface area contributed by atoms with Gasteiger partial charge in [0, 0.05) is 11.1 Å². The van der Waals surface area contributed by atoms with Crippen molar-refractivity contribution in [3.05, 3.63) is 28.2 Å². The van der Waals surface area contributed by atoms with Crippen LogP contribution in [0.25, 0.3) is 0 Å². The highest BCUT2D eigenvalue weighted by atomic mass is 32.1. The van der Waals surface area contributed by atoms with Gasteiger partial charge in [-0.2, -0.15) is 0 Å². The Kier molecular flexibility index (Phi) is 3.43. The third kappa shape index (κ3) is 2.85. The van der Waals surface area contributed by atoms with E-state index in [1.165, 1.54) is 4.88 Å². The maximum absolute atomic E-state index is 5.63. The van der Waals surface area contributed by atoms with Crippen LogP contribution in [0.2, 0.25) is 0 Å². The van der Waals surface area contributed by atoms with E-state index in [-0.39, 0.29) is 0 Å². The zero-order valence-corrected chi connectivity index (χ0v) is 10.4. The van der Waals surface area contributed by atoms with Crippen molar-refractivity contribution in [2.24, 2.45) is 0 Å². The minimum atomic E-state index is 0.350. The molecule has 17 heavy (non-hydrogen) atoms. The van der Waals surface area contributed by atoms with E-state index < -0.39 is 0 Å². The molecular weight excluding hydrogens is 234 g/mol. The Bertz CT molecular complexity index is 508. The normalized spacial score (nSPS) is 10.4. The summed E-state index contributed by atoms with van der Waals surface area (Å²) in [6.07, 6.45) is 2.93. The van der Waals surface area contributed by atoms with Crippen molar-refractivity contribution in [1.29, 1.82) is 0 Å². The van der Waals surface area contributed by atoms with Gasteiger partial charge in [0.05, 0.1) is 12.2 Å². The highest BCUT2D eigenvalue weighted by molar-refractivity contribution is 7.11. The van der Waals surface area contributed by atoms with Gasteiger partial charge in [-0.25, -0.2) is 9.97 Å². The summed E-state index contributed by atoms with van der Waals surface area (Å²) in [6, 6.07) is 3.55. The summed E-state index contributed by atoms with van der Waals surface area (Å²) < 4.78 is 0. The topological polar surface area (TPSA) is 89.8 Å². The molecule has 0 unspecified atom stereocenters. The molecule has 0 spiro atoms. The van der Waals surface area contributed by atoms with Crippen molar-refractivity contribution < 1.29 is 0 Å². The first-order chi connectivity index (χ1) is 8.19. The molecule has 2 heterocycles. The van der Waals surface area contributed by atoms with Crippen molar-refractivity contribution >= 4 is 28.7 Å². The van der Waals surface area contributed by atoms with E-state index in [1.54, 1.807) is 23.5 Å². The third-order valence-electron chi connectivity index (χ3n) is 2.33. The average molecular weight is 249 g/mol. The van der Waals surface area contributed by atoms with Crippen LogP contribution in [-0.4, -0.2) is 9.97 Å². The number of aromatic nitrogens is 2.